The number of phenolic OH excluding ortho intramolecular Hbond substituents is 1. The summed E-state index contributed by atoms with van der Waals surface area (Å²) in [6.45, 7) is 0.217. The maximum Gasteiger partial charge on any atom is 0.336 e. The van der Waals surface area contributed by atoms with Crippen LogP contribution in [0.4, 0.5) is 0 Å². The molecular weight excluding hydrogens is 560 g/mol. The molecule has 12 nitrogen and oxygen atoms in total. The van der Waals surface area contributed by atoms with E-state index in [9.17, 15) is 39.0 Å². The number of rotatable bonds is 10. The van der Waals surface area contributed by atoms with Gasteiger partial charge in [0.1, 0.15) is 17.1 Å². The van der Waals surface area contributed by atoms with Crippen molar-refractivity contribution in [3.05, 3.63) is 75.9 Å². The van der Waals surface area contributed by atoms with Gasteiger partial charge in [0.15, 0.2) is 5.43 Å². The Morgan fingerprint density at radius 3 is 2.40 bits per heavy atom. The highest BCUT2D eigenvalue weighted by atomic mass is 16.7. The summed E-state index contributed by atoms with van der Waals surface area (Å²) in [4.78, 5) is 76.9. The third-order valence-corrected chi connectivity index (χ3v) is 7.00. The molecule has 2 aromatic carbocycles. The number of benzene rings is 3. The number of hydroxylamine groups is 2. The van der Waals surface area contributed by atoms with Crippen LogP contribution in [0.2, 0.25) is 0 Å². The quantitative estimate of drug-likeness (QED) is 0.140. The van der Waals surface area contributed by atoms with Gasteiger partial charge in [0, 0.05) is 54.5 Å². The number of unbranched alkanes of at least 4 members (excludes halogenated alkanes) is 2. The van der Waals surface area contributed by atoms with Crippen molar-refractivity contribution in [2.24, 2.45) is 0 Å². The number of phenols is 1. The minimum absolute atomic E-state index is 0.0124. The van der Waals surface area contributed by atoms with Gasteiger partial charge in [-0.2, -0.15) is 0 Å². The first-order chi connectivity index (χ1) is 20.6. The van der Waals surface area contributed by atoms with Crippen LogP contribution in [0.1, 0.15) is 59.2 Å². The zero-order valence-electron chi connectivity index (χ0n) is 22.8. The van der Waals surface area contributed by atoms with E-state index in [1.165, 1.54) is 36.4 Å². The summed E-state index contributed by atoms with van der Waals surface area (Å²) in [6.07, 6.45) is 1.44. The monoisotopic (exact) mass is 586 g/mol. The number of carbonyl (C=O) groups excluding carboxylic acids is 4. The maximum absolute atomic E-state index is 12.9. The first-order valence-electron chi connectivity index (χ1n) is 13.5. The topological polar surface area (TPSA) is 181 Å². The molecule has 220 valence electrons. The van der Waals surface area contributed by atoms with Gasteiger partial charge < -0.3 is 24.8 Å². The number of carbonyl (C=O) groups is 5. The number of carboxylic acid groups (broad SMARTS) is 1. The molecule has 1 aliphatic carbocycles. The number of fused-ring (bicyclic) bond motifs is 2. The largest absolute Gasteiger partial charge is 0.508 e. The first kappa shape index (κ1) is 29.0. The van der Waals surface area contributed by atoms with Crippen LogP contribution in [0, 0.1) is 0 Å². The normalized spacial score (nSPS) is 13.1. The Labute approximate surface area is 243 Å². The van der Waals surface area contributed by atoms with Gasteiger partial charge in [0.05, 0.1) is 11.1 Å². The summed E-state index contributed by atoms with van der Waals surface area (Å²) < 4.78 is 5.84. The van der Waals surface area contributed by atoms with Crippen molar-refractivity contribution in [3.8, 4) is 28.2 Å². The van der Waals surface area contributed by atoms with Crippen LogP contribution in [0.3, 0.4) is 0 Å². The van der Waals surface area contributed by atoms with Gasteiger partial charge in [-0.3, -0.25) is 19.2 Å². The molecule has 0 atom stereocenters. The van der Waals surface area contributed by atoms with E-state index < -0.39 is 29.7 Å². The average molecular weight is 587 g/mol. The van der Waals surface area contributed by atoms with Crippen molar-refractivity contribution in [1.82, 2.24) is 10.4 Å². The molecule has 0 saturated carbocycles. The lowest BCUT2D eigenvalue weighted by Crippen LogP contribution is -2.32. The number of hydrogen-bond donors (Lipinski definition) is 3. The molecule has 0 unspecified atom stereocenters. The molecule has 0 radical (unpaired) electrons. The summed E-state index contributed by atoms with van der Waals surface area (Å²) >= 11 is 0. The van der Waals surface area contributed by atoms with Crippen molar-refractivity contribution in [2.75, 3.05) is 6.54 Å². The van der Waals surface area contributed by atoms with E-state index >= 15 is 0 Å². The standard InChI is InChI=1S/C31H26N2O10/c34-18-6-9-21-24(15-18)42-25-16-19(35)7-10-22(25)29(21)17-5-8-20(23(14-17)31(40)41)30(39)32-13-3-1-2-4-28(38)43-33-26(36)11-12-27(33)37/h5-10,14-16,34H,1-4,11-13H2,(H,32,39)(H,40,41). The van der Waals surface area contributed by atoms with Gasteiger partial charge in [-0.05, 0) is 54.8 Å². The van der Waals surface area contributed by atoms with Gasteiger partial charge in [0.25, 0.3) is 17.7 Å². The summed E-state index contributed by atoms with van der Waals surface area (Å²) in [5, 5.41) is 23.7. The van der Waals surface area contributed by atoms with Gasteiger partial charge in [0.2, 0.25) is 0 Å². The molecule has 3 amide bonds. The van der Waals surface area contributed by atoms with E-state index in [1.807, 2.05) is 0 Å². The van der Waals surface area contributed by atoms with E-state index in [-0.39, 0.29) is 59.5 Å². The highest BCUT2D eigenvalue weighted by Crippen LogP contribution is 2.41. The number of nitrogens with zero attached hydrogens (tertiary/aromatic N) is 1. The fourth-order valence-electron chi connectivity index (χ4n) is 4.92. The summed E-state index contributed by atoms with van der Waals surface area (Å²) in [7, 11) is 0. The Morgan fingerprint density at radius 1 is 0.884 bits per heavy atom. The third kappa shape index (κ3) is 6.22. The highest BCUT2D eigenvalue weighted by Gasteiger charge is 2.32. The summed E-state index contributed by atoms with van der Waals surface area (Å²) in [5.41, 5.74) is 1.32. The fraction of sp³-hybridized carbons (Fsp3) is 0.226. The number of carboxylic acids is 1. The van der Waals surface area contributed by atoms with Crippen molar-refractivity contribution in [2.45, 2.75) is 38.5 Å². The van der Waals surface area contributed by atoms with Crippen molar-refractivity contribution < 1.29 is 43.4 Å². The van der Waals surface area contributed by atoms with E-state index in [4.69, 9.17) is 9.25 Å². The molecule has 1 fully saturated rings. The molecule has 12 heteroatoms. The van der Waals surface area contributed by atoms with Crippen LogP contribution in [-0.2, 0) is 19.2 Å². The molecule has 3 N–H and O–H groups in total. The van der Waals surface area contributed by atoms with E-state index in [1.54, 1.807) is 18.2 Å². The molecule has 1 saturated heterocycles. The van der Waals surface area contributed by atoms with Crippen molar-refractivity contribution >= 4 is 40.6 Å². The second kappa shape index (κ2) is 12.1. The summed E-state index contributed by atoms with van der Waals surface area (Å²) in [5.74, 6) is -3.49. The van der Waals surface area contributed by atoms with Crippen LogP contribution in [0.25, 0.3) is 33.4 Å². The Bertz CT molecular complexity index is 1790. The van der Waals surface area contributed by atoms with Crippen LogP contribution >= 0.6 is 0 Å². The number of aromatic hydroxyl groups is 1. The maximum atomic E-state index is 12.9. The molecule has 0 bridgehead atoms. The molecule has 5 rings (SSSR count). The molecule has 3 aliphatic rings. The Kier molecular flexibility index (Phi) is 8.19. The molecule has 2 aliphatic heterocycles. The van der Waals surface area contributed by atoms with Crippen molar-refractivity contribution in [1.29, 1.82) is 0 Å². The molecule has 2 heterocycles. The van der Waals surface area contributed by atoms with Gasteiger partial charge >= 0.3 is 11.9 Å². The van der Waals surface area contributed by atoms with E-state index in [0.717, 1.165) is 0 Å². The van der Waals surface area contributed by atoms with Crippen molar-refractivity contribution in [3.63, 3.8) is 0 Å². The fourth-order valence-corrected chi connectivity index (χ4v) is 4.92. The number of aromatic carboxylic acids is 1. The lowest BCUT2D eigenvalue weighted by atomic mass is 9.91. The Balaban J connectivity index is 1.27. The van der Waals surface area contributed by atoms with Gasteiger partial charge in [-0.25, -0.2) is 9.59 Å². The first-order valence-corrected chi connectivity index (χ1v) is 13.5. The van der Waals surface area contributed by atoms with E-state index in [0.29, 0.717) is 46.4 Å². The average Bonchev–Trinajstić information content (AvgIpc) is 3.29. The predicted molar refractivity (Wildman–Crippen MR) is 151 cm³/mol. The number of imide groups is 1. The zero-order valence-corrected chi connectivity index (χ0v) is 22.8. The molecule has 43 heavy (non-hydrogen) atoms. The molecule has 0 spiro atoms. The SMILES string of the molecule is O=C(CCCCCNC(=O)c1ccc(-c2c3ccc(=O)cc-3oc3cc(O)ccc23)cc1C(=O)O)ON1C(=O)CCC1=O. The van der Waals surface area contributed by atoms with Crippen LogP contribution in [-0.4, -0.2) is 51.5 Å². The van der Waals surface area contributed by atoms with Crippen LogP contribution < -0.4 is 10.7 Å². The molecular formula is C31H26N2O10. The zero-order chi connectivity index (χ0) is 30.7. The second-order valence-corrected chi connectivity index (χ2v) is 9.99. The Morgan fingerprint density at radius 2 is 1.65 bits per heavy atom. The number of nitrogens with one attached hydrogen (secondary N) is 1. The molecule has 2 aromatic rings. The smallest absolute Gasteiger partial charge is 0.336 e. The predicted octanol–water partition coefficient (Wildman–Crippen LogP) is 3.87. The lowest BCUT2D eigenvalue weighted by Gasteiger charge is -2.16. The van der Waals surface area contributed by atoms with Crippen LogP contribution in [0.5, 0.6) is 5.75 Å². The second-order valence-electron chi connectivity index (χ2n) is 9.99. The lowest BCUT2D eigenvalue weighted by molar-refractivity contribution is -0.197. The number of hydrogen-bond acceptors (Lipinski definition) is 9. The third-order valence-electron chi connectivity index (χ3n) is 7.00. The van der Waals surface area contributed by atoms with Gasteiger partial charge in [-0.15, -0.1) is 5.06 Å². The number of amides is 3. The Hall–Kier alpha value is -5.52. The van der Waals surface area contributed by atoms with E-state index in [2.05, 4.69) is 5.32 Å². The van der Waals surface area contributed by atoms with Gasteiger partial charge in [-0.1, -0.05) is 12.5 Å². The minimum Gasteiger partial charge on any atom is -0.508 e. The van der Waals surface area contributed by atoms with Crippen LogP contribution in [0.15, 0.2) is 63.8 Å². The highest BCUT2D eigenvalue weighted by molar-refractivity contribution is 6.08. The minimum atomic E-state index is -1.31. The molecule has 0 aromatic heterocycles. The summed E-state index contributed by atoms with van der Waals surface area (Å²) in [6, 6.07) is 13.1.